The van der Waals surface area contributed by atoms with Crippen molar-refractivity contribution in [2.24, 2.45) is 5.92 Å². The van der Waals surface area contributed by atoms with Crippen LogP contribution in [0.25, 0.3) is 0 Å². The Hall–Kier alpha value is -0.610. The second kappa shape index (κ2) is 5.64. The van der Waals surface area contributed by atoms with Crippen molar-refractivity contribution in [2.45, 2.75) is 39.2 Å². The predicted molar refractivity (Wildman–Crippen MR) is 64.6 cm³/mol. The molecule has 0 aromatic rings. The van der Waals surface area contributed by atoms with E-state index in [2.05, 4.69) is 31.0 Å². The molecule has 1 aliphatic heterocycles. The van der Waals surface area contributed by atoms with E-state index in [-0.39, 0.29) is 11.5 Å². The molecule has 1 rings (SSSR count). The van der Waals surface area contributed by atoms with E-state index in [1.54, 1.807) is 0 Å². The van der Waals surface area contributed by atoms with Crippen molar-refractivity contribution in [2.75, 3.05) is 26.2 Å². The van der Waals surface area contributed by atoms with Crippen molar-refractivity contribution < 1.29 is 9.90 Å². The minimum absolute atomic E-state index is 0.0118. The molecule has 94 valence electrons. The van der Waals surface area contributed by atoms with Crippen LogP contribution < -0.4 is 5.32 Å². The van der Waals surface area contributed by atoms with Crippen molar-refractivity contribution in [3.05, 3.63) is 0 Å². The molecule has 4 nitrogen and oxygen atoms in total. The van der Waals surface area contributed by atoms with Gasteiger partial charge in [-0.25, -0.2) is 0 Å². The summed E-state index contributed by atoms with van der Waals surface area (Å²) in [5.74, 6) is -0.967. The first kappa shape index (κ1) is 13.5. The molecule has 1 heterocycles. The molecule has 4 heteroatoms. The number of rotatable bonds is 4. The van der Waals surface area contributed by atoms with Gasteiger partial charge in [-0.3, -0.25) is 4.79 Å². The lowest BCUT2D eigenvalue weighted by atomic mass is 10.1. The largest absolute Gasteiger partial charge is 0.481 e. The normalized spacial score (nSPS) is 26.3. The number of hydrogen-bond donors (Lipinski definition) is 2. The molecule has 0 spiro atoms. The predicted octanol–water partition coefficient (Wildman–Crippen LogP) is 1.17. The van der Waals surface area contributed by atoms with Crippen molar-refractivity contribution in [1.29, 1.82) is 0 Å². The van der Waals surface area contributed by atoms with Gasteiger partial charge < -0.3 is 15.3 Å². The summed E-state index contributed by atoms with van der Waals surface area (Å²) >= 11 is 0. The average molecular weight is 228 g/mol. The van der Waals surface area contributed by atoms with Crippen LogP contribution in [0.2, 0.25) is 0 Å². The number of carbonyl (C=O) groups is 1. The highest BCUT2D eigenvalue weighted by molar-refractivity contribution is 5.70. The molecule has 1 atom stereocenters. The van der Waals surface area contributed by atoms with Crippen molar-refractivity contribution in [3.63, 3.8) is 0 Å². The maximum absolute atomic E-state index is 11.1. The molecule has 0 saturated carbocycles. The van der Waals surface area contributed by atoms with Crippen LogP contribution >= 0.6 is 0 Å². The number of nitrogens with one attached hydrogen (secondary N) is 1. The molecular weight excluding hydrogens is 204 g/mol. The van der Waals surface area contributed by atoms with E-state index in [1.165, 1.54) is 0 Å². The summed E-state index contributed by atoms with van der Waals surface area (Å²) in [6, 6.07) is 0. The Morgan fingerprint density at radius 3 is 2.81 bits per heavy atom. The highest BCUT2D eigenvalue weighted by Crippen LogP contribution is 2.14. The SMILES string of the molecule is CCCCN1CC(C(=O)O)CNC(C)(C)C1. The number of hydrogen-bond acceptors (Lipinski definition) is 3. The second-order valence-corrected chi connectivity index (χ2v) is 5.39. The Bertz CT molecular complexity index is 241. The summed E-state index contributed by atoms with van der Waals surface area (Å²) in [5.41, 5.74) is 0.0118. The second-order valence-electron chi connectivity index (χ2n) is 5.39. The smallest absolute Gasteiger partial charge is 0.309 e. The summed E-state index contributed by atoms with van der Waals surface area (Å²) in [5, 5.41) is 12.4. The van der Waals surface area contributed by atoms with Gasteiger partial charge in [0, 0.05) is 25.2 Å². The van der Waals surface area contributed by atoms with Gasteiger partial charge in [0.25, 0.3) is 0 Å². The Labute approximate surface area is 98.0 Å². The molecule has 0 aliphatic carbocycles. The highest BCUT2D eigenvalue weighted by Gasteiger charge is 2.31. The zero-order valence-corrected chi connectivity index (χ0v) is 10.6. The lowest BCUT2D eigenvalue weighted by Crippen LogP contribution is -2.46. The van der Waals surface area contributed by atoms with Crippen LogP contribution in [-0.4, -0.2) is 47.7 Å². The maximum atomic E-state index is 11.1. The topological polar surface area (TPSA) is 52.6 Å². The monoisotopic (exact) mass is 228 g/mol. The zero-order chi connectivity index (χ0) is 12.2. The van der Waals surface area contributed by atoms with Crippen molar-refractivity contribution in [1.82, 2.24) is 10.2 Å². The fourth-order valence-electron chi connectivity index (χ4n) is 2.17. The molecule has 1 saturated heterocycles. The number of aliphatic carboxylic acids is 1. The number of carboxylic acids is 1. The fraction of sp³-hybridized carbons (Fsp3) is 0.917. The standard InChI is InChI=1S/C12H24N2O2/c1-4-5-6-14-8-10(11(15)16)7-13-12(2,3)9-14/h10,13H,4-9H2,1-3H3,(H,15,16). The van der Waals surface area contributed by atoms with Crippen LogP contribution in [0.1, 0.15) is 33.6 Å². The molecule has 16 heavy (non-hydrogen) atoms. The van der Waals surface area contributed by atoms with Gasteiger partial charge in [-0.1, -0.05) is 13.3 Å². The van der Waals surface area contributed by atoms with E-state index in [4.69, 9.17) is 5.11 Å². The van der Waals surface area contributed by atoms with Crippen LogP contribution in [0, 0.1) is 5.92 Å². The van der Waals surface area contributed by atoms with E-state index in [0.29, 0.717) is 13.1 Å². The van der Waals surface area contributed by atoms with Gasteiger partial charge >= 0.3 is 5.97 Å². The molecule has 0 amide bonds. The van der Waals surface area contributed by atoms with Gasteiger partial charge in [-0.2, -0.15) is 0 Å². The Kier molecular flexibility index (Phi) is 4.74. The summed E-state index contributed by atoms with van der Waals surface area (Å²) in [7, 11) is 0. The third-order valence-corrected chi connectivity index (χ3v) is 3.10. The minimum Gasteiger partial charge on any atom is -0.481 e. The Morgan fingerprint density at radius 1 is 1.56 bits per heavy atom. The van der Waals surface area contributed by atoms with Crippen LogP contribution in [0.3, 0.4) is 0 Å². The molecule has 1 aliphatic rings. The van der Waals surface area contributed by atoms with Crippen molar-refractivity contribution >= 4 is 5.97 Å². The van der Waals surface area contributed by atoms with Gasteiger partial charge in [0.2, 0.25) is 0 Å². The molecule has 2 N–H and O–H groups in total. The molecule has 0 bridgehead atoms. The van der Waals surface area contributed by atoms with E-state index in [9.17, 15) is 4.79 Å². The molecular formula is C12H24N2O2. The van der Waals surface area contributed by atoms with E-state index in [1.807, 2.05) is 0 Å². The highest BCUT2D eigenvalue weighted by atomic mass is 16.4. The van der Waals surface area contributed by atoms with E-state index < -0.39 is 5.97 Å². The lowest BCUT2D eigenvalue weighted by molar-refractivity contribution is -0.141. The van der Waals surface area contributed by atoms with E-state index in [0.717, 1.165) is 25.9 Å². The molecule has 0 aromatic carbocycles. The zero-order valence-electron chi connectivity index (χ0n) is 10.6. The molecule has 1 fully saturated rings. The first-order chi connectivity index (χ1) is 7.44. The van der Waals surface area contributed by atoms with Gasteiger partial charge in [0.05, 0.1) is 5.92 Å². The van der Waals surface area contributed by atoms with Gasteiger partial charge in [-0.15, -0.1) is 0 Å². The summed E-state index contributed by atoms with van der Waals surface area (Å²) in [6.45, 7) is 9.61. The van der Waals surface area contributed by atoms with Crippen LogP contribution in [0.4, 0.5) is 0 Å². The molecule has 0 aromatic heterocycles. The van der Waals surface area contributed by atoms with Gasteiger partial charge in [0.1, 0.15) is 0 Å². The summed E-state index contributed by atoms with van der Waals surface area (Å²) in [6.07, 6.45) is 2.30. The number of carboxylic acid groups (broad SMARTS) is 1. The first-order valence-electron chi connectivity index (χ1n) is 6.15. The summed E-state index contributed by atoms with van der Waals surface area (Å²) in [4.78, 5) is 13.4. The number of unbranched alkanes of at least 4 members (excludes halogenated alkanes) is 1. The quantitative estimate of drug-likeness (QED) is 0.758. The number of nitrogens with zero attached hydrogens (tertiary/aromatic N) is 1. The van der Waals surface area contributed by atoms with Crippen LogP contribution in [0.5, 0.6) is 0 Å². The average Bonchev–Trinajstić information content (AvgIpc) is 2.33. The minimum atomic E-state index is -0.688. The Morgan fingerprint density at radius 2 is 2.25 bits per heavy atom. The first-order valence-corrected chi connectivity index (χ1v) is 6.15. The maximum Gasteiger partial charge on any atom is 0.309 e. The lowest BCUT2D eigenvalue weighted by Gasteiger charge is -2.29. The van der Waals surface area contributed by atoms with Crippen LogP contribution in [-0.2, 0) is 4.79 Å². The Balaban J connectivity index is 2.62. The third-order valence-electron chi connectivity index (χ3n) is 3.10. The fourth-order valence-corrected chi connectivity index (χ4v) is 2.17. The van der Waals surface area contributed by atoms with Gasteiger partial charge in [0.15, 0.2) is 0 Å². The third kappa shape index (κ3) is 4.10. The van der Waals surface area contributed by atoms with Gasteiger partial charge in [-0.05, 0) is 26.8 Å². The van der Waals surface area contributed by atoms with Crippen LogP contribution in [0.15, 0.2) is 0 Å². The summed E-state index contributed by atoms with van der Waals surface area (Å²) < 4.78 is 0. The molecule has 0 radical (unpaired) electrons. The van der Waals surface area contributed by atoms with E-state index >= 15 is 0 Å². The molecule has 1 unspecified atom stereocenters. The van der Waals surface area contributed by atoms with Crippen molar-refractivity contribution in [3.8, 4) is 0 Å².